The summed E-state index contributed by atoms with van der Waals surface area (Å²) in [5, 5.41) is 10.4. The standard InChI is InChI=1S/C29H44O2/c1-20(2)12-9-13-21(3)14-10-15-22(4)16-11-18-29(8)19-17-26-25(7)27(30)23(5)24(6)28(26)31-29/h12,14,16,30H,9-11,13,15,17-19H2,1-8H3/b21-14+,22-16-/t29-/m0/s1. The van der Waals surface area contributed by atoms with Crippen LogP contribution < -0.4 is 4.74 Å². The van der Waals surface area contributed by atoms with Crippen molar-refractivity contribution in [2.75, 3.05) is 0 Å². The number of allylic oxidation sites excluding steroid dienone is 6. The van der Waals surface area contributed by atoms with Crippen molar-refractivity contribution >= 4 is 0 Å². The van der Waals surface area contributed by atoms with Crippen molar-refractivity contribution in [1.82, 2.24) is 0 Å². The van der Waals surface area contributed by atoms with E-state index in [-0.39, 0.29) is 5.60 Å². The molecule has 0 fully saturated rings. The van der Waals surface area contributed by atoms with Crippen LogP contribution in [-0.4, -0.2) is 10.7 Å². The first-order valence-electron chi connectivity index (χ1n) is 12.0. The molecule has 31 heavy (non-hydrogen) atoms. The Hall–Kier alpha value is -1.96. The fourth-order valence-electron chi connectivity index (χ4n) is 4.43. The lowest BCUT2D eigenvalue weighted by Gasteiger charge is -2.38. The van der Waals surface area contributed by atoms with Gasteiger partial charge in [0.25, 0.3) is 0 Å². The van der Waals surface area contributed by atoms with Crippen LogP contribution in [0.4, 0.5) is 0 Å². The third kappa shape index (κ3) is 7.02. The van der Waals surface area contributed by atoms with Gasteiger partial charge in [0.15, 0.2) is 0 Å². The second-order valence-corrected chi connectivity index (χ2v) is 10.1. The van der Waals surface area contributed by atoms with Crippen LogP contribution in [0, 0.1) is 20.8 Å². The molecule has 1 atom stereocenters. The number of hydrogen-bond donors (Lipinski definition) is 1. The Morgan fingerprint density at radius 1 is 0.871 bits per heavy atom. The minimum atomic E-state index is -0.133. The molecule has 0 amide bonds. The summed E-state index contributed by atoms with van der Waals surface area (Å²) in [6, 6.07) is 0. The van der Waals surface area contributed by atoms with Crippen molar-refractivity contribution < 1.29 is 9.84 Å². The number of ether oxygens (including phenoxy) is 1. The molecule has 1 aromatic rings. The van der Waals surface area contributed by atoms with E-state index >= 15 is 0 Å². The average molecular weight is 425 g/mol. The van der Waals surface area contributed by atoms with Gasteiger partial charge in [-0.15, -0.1) is 0 Å². The van der Waals surface area contributed by atoms with E-state index < -0.39 is 0 Å². The molecule has 0 aliphatic carbocycles. The molecule has 0 saturated carbocycles. The van der Waals surface area contributed by atoms with Gasteiger partial charge in [-0.2, -0.15) is 0 Å². The Labute approximate surface area is 191 Å². The summed E-state index contributed by atoms with van der Waals surface area (Å²) in [4.78, 5) is 0. The highest BCUT2D eigenvalue weighted by Gasteiger charge is 2.33. The number of fused-ring (bicyclic) bond motifs is 1. The first kappa shape index (κ1) is 25.3. The van der Waals surface area contributed by atoms with E-state index in [2.05, 4.69) is 59.8 Å². The van der Waals surface area contributed by atoms with Gasteiger partial charge < -0.3 is 9.84 Å². The predicted molar refractivity (Wildman–Crippen MR) is 134 cm³/mol. The molecule has 1 aliphatic rings. The Morgan fingerprint density at radius 2 is 1.45 bits per heavy atom. The van der Waals surface area contributed by atoms with Gasteiger partial charge in [0.05, 0.1) is 0 Å². The van der Waals surface area contributed by atoms with E-state index in [1.165, 1.54) is 28.7 Å². The van der Waals surface area contributed by atoms with Crippen LogP contribution in [0.3, 0.4) is 0 Å². The summed E-state index contributed by atoms with van der Waals surface area (Å²) in [7, 11) is 0. The van der Waals surface area contributed by atoms with Gasteiger partial charge in [-0.1, -0.05) is 34.9 Å². The first-order chi connectivity index (χ1) is 14.5. The lowest BCUT2D eigenvalue weighted by molar-refractivity contribution is 0.0558. The molecule has 172 valence electrons. The largest absolute Gasteiger partial charge is 0.507 e. The van der Waals surface area contributed by atoms with E-state index in [0.717, 1.165) is 67.4 Å². The molecule has 1 aliphatic heterocycles. The smallest absolute Gasteiger partial charge is 0.127 e. The Kier molecular flexibility index (Phi) is 9.03. The fourth-order valence-corrected chi connectivity index (χ4v) is 4.43. The molecule has 0 radical (unpaired) electrons. The van der Waals surface area contributed by atoms with Gasteiger partial charge in [0, 0.05) is 5.56 Å². The van der Waals surface area contributed by atoms with Crippen LogP contribution in [0.1, 0.15) is 102 Å². The second kappa shape index (κ2) is 11.1. The number of phenols is 1. The van der Waals surface area contributed by atoms with Crippen molar-refractivity contribution in [2.24, 2.45) is 0 Å². The Morgan fingerprint density at radius 3 is 2.06 bits per heavy atom. The summed E-state index contributed by atoms with van der Waals surface area (Å²) in [5.74, 6) is 1.44. The first-order valence-corrected chi connectivity index (χ1v) is 12.0. The molecule has 0 aromatic heterocycles. The Balaban J connectivity index is 1.88. The minimum absolute atomic E-state index is 0.133. The summed E-state index contributed by atoms with van der Waals surface area (Å²) >= 11 is 0. The normalized spacial score (nSPS) is 19.1. The molecular weight excluding hydrogens is 380 g/mol. The van der Waals surface area contributed by atoms with Crippen LogP contribution in [0.15, 0.2) is 34.9 Å². The van der Waals surface area contributed by atoms with Crippen molar-refractivity contribution in [1.29, 1.82) is 0 Å². The average Bonchev–Trinajstić information content (AvgIpc) is 2.70. The van der Waals surface area contributed by atoms with Crippen LogP contribution >= 0.6 is 0 Å². The van der Waals surface area contributed by atoms with Gasteiger partial charge in [0.1, 0.15) is 17.1 Å². The highest BCUT2D eigenvalue weighted by atomic mass is 16.5. The number of rotatable bonds is 9. The monoisotopic (exact) mass is 424 g/mol. The van der Waals surface area contributed by atoms with Crippen LogP contribution in [0.25, 0.3) is 0 Å². The molecular formula is C29H44O2. The second-order valence-electron chi connectivity index (χ2n) is 10.1. The number of phenolic OH excluding ortho intramolecular Hbond substituents is 1. The van der Waals surface area contributed by atoms with E-state index in [4.69, 9.17) is 4.74 Å². The highest BCUT2D eigenvalue weighted by molar-refractivity contribution is 5.58. The summed E-state index contributed by atoms with van der Waals surface area (Å²) < 4.78 is 6.56. The zero-order valence-corrected chi connectivity index (χ0v) is 21.2. The zero-order valence-electron chi connectivity index (χ0n) is 21.2. The predicted octanol–water partition coefficient (Wildman–Crippen LogP) is 8.60. The minimum Gasteiger partial charge on any atom is -0.507 e. The van der Waals surface area contributed by atoms with Crippen molar-refractivity contribution in [3.63, 3.8) is 0 Å². The summed E-state index contributed by atoms with van der Waals surface area (Å²) in [6.07, 6.45) is 15.8. The van der Waals surface area contributed by atoms with Gasteiger partial charge in [-0.3, -0.25) is 0 Å². The lowest BCUT2D eigenvalue weighted by Crippen LogP contribution is -2.37. The molecule has 2 nitrogen and oxygen atoms in total. The topological polar surface area (TPSA) is 29.5 Å². The molecule has 0 saturated heterocycles. The van der Waals surface area contributed by atoms with Crippen LogP contribution in [0.2, 0.25) is 0 Å². The molecule has 2 rings (SSSR count). The van der Waals surface area contributed by atoms with E-state index in [1.807, 2.05) is 13.8 Å². The molecule has 1 heterocycles. The van der Waals surface area contributed by atoms with Gasteiger partial charge in [-0.05, 0) is 123 Å². The third-order valence-electron chi connectivity index (χ3n) is 6.88. The number of benzene rings is 1. The van der Waals surface area contributed by atoms with E-state index in [0.29, 0.717) is 5.75 Å². The third-order valence-corrected chi connectivity index (χ3v) is 6.88. The summed E-state index contributed by atoms with van der Waals surface area (Å²) in [6.45, 7) is 17.1. The molecule has 2 heteroatoms. The molecule has 0 bridgehead atoms. The van der Waals surface area contributed by atoms with Crippen molar-refractivity contribution in [3.05, 3.63) is 57.2 Å². The van der Waals surface area contributed by atoms with Crippen molar-refractivity contribution in [2.45, 2.75) is 112 Å². The van der Waals surface area contributed by atoms with Gasteiger partial charge in [-0.25, -0.2) is 0 Å². The van der Waals surface area contributed by atoms with E-state index in [1.54, 1.807) is 0 Å². The molecule has 0 spiro atoms. The SMILES string of the molecule is CC(C)=CCC/C(C)=C/CC/C(C)=C\CC[C@@]1(C)CCc2c(C)c(O)c(C)c(C)c2O1. The maximum Gasteiger partial charge on any atom is 0.127 e. The maximum atomic E-state index is 10.4. The van der Waals surface area contributed by atoms with E-state index in [9.17, 15) is 5.11 Å². The summed E-state index contributed by atoms with van der Waals surface area (Å²) in [5.41, 5.74) is 8.45. The fraction of sp³-hybridized carbons (Fsp3) is 0.586. The lowest BCUT2D eigenvalue weighted by atomic mass is 9.85. The van der Waals surface area contributed by atoms with Crippen molar-refractivity contribution in [3.8, 4) is 11.5 Å². The van der Waals surface area contributed by atoms with Gasteiger partial charge in [0.2, 0.25) is 0 Å². The number of aromatic hydroxyl groups is 1. The van der Waals surface area contributed by atoms with Crippen LogP contribution in [0.5, 0.6) is 11.5 Å². The maximum absolute atomic E-state index is 10.4. The Bertz CT molecular complexity index is 865. The molecule has 0 unspecified atom stereocenters. The quantitative estimate of drug-likeness (QED) is 0.402. The highest BCUT2D eigenvalue weighted by Crippen LogP contribution is 2.44. The number of hydrogen-bond acceptors (Lipinski definition) is 2. The molecule has 1 aromatic carbocycles. The van der Waals surface area contributed by atoms with Gasteiger partial charge >= 0.3 is 0 Å². The molecule has 1 N–H and O–H groups in total. The van der Waals surface area contributed by atoms with Crippen LogP contribution in [-0.2, 0) is 6.42 Å². The zero-order chi connectivity index (χ0) is 23.2.